The van der Waals surface area contributed by atoms with Crippen LogP contribution in [0.3, 0.4) is 0 Å². The van der Waals surface area contributed by atoms with E-state index in [1.807, 2.05) is 5.32 Å². The lowest BCUT2D eigenvalue weighted by atomic mass is 10.3. The van der Waals surface area contributed by atoms with Gasteiger partial charge in [-0.05, 0) is 12.1 Å². The summed E-state index contributed by atoms with van der Waals surface area (Å²) in [7, 11) is 0. The molecule has 0 unspecified atom stereocenters. The maximum absolute atomic E-state index is 12.2. The van der Waals surface area contributed by atoms with E-state index in [1.54, 1.807) is 30.3 Å². The molecule has 1 atom stereocenters. The number of carbonyl (C=O) groups excluding carboxylic acids is 2. The molecule has 0 aliphatic carbocycles. The van der Waals surface area contributed by atoms with Gasteiger partial charge in [-0.2, -0.15) is 13.2 Å². The van der Waals surface area contributed by atoms with Crippen molar-refractivity contribution in [2.75, 3.05) is 12.4 Å². The van der Waals surface area contributed by atoms with Crippen LogP contribution in [-0.4, -0.2) is 35.6 Å². The summed E-state index contributed by atoms with van der Waals surface area (Å²) in [4.78, 5) is 21.8. The predicted octanol–water partition coefficient (Wildman–Crippen LogP) is 2.39. The van der Waals surface area contributed by atoms with Crippen LogP contribution in [0.1, 0.15) is 6.92 Å². The van der Waals surface area contributed by atoms with Gasteiger partial charge in [0.1, 0.15) is 12.4 Å². The molecule has 0 aromatic heterocycles. The van der Waals surface area contributed by atoms with E-state index < -0.39 is 18.1 Å². The summed E-state index contributed by atoms with van der Waals surface area (Å²) in [5.41, 5.74) is 0. The van der Waals surface area contributed by atoms with Gasteiger partial charge in [0, 0.05) is 12.7 Å². The third-order valence-corrected chi connectivity index (χ3v) is 3.25. The van der Waals surface area contributed by atoms with Crippen molar-refractivity contribution in [3.63, 3.8) is 0 Å². The molecule has 0 bridgehead atoms. The number of carbonyl (C=O) groups is 2. The van der Waals surface area contributed by atoms with Gasteiger partial charge in [-0.25, -0.2) is 0 Å². The Bertz CT molecular complexity index is 479. The summed E-state index contributed by atoms with van der Waals surface area (Å²) in [6.45, 7) is 1.14. The van der Waals surface area contributed by atoms with Crippen molar-refractivity contribution in [3.8, 4) is 5.75 Å². The van der Waals surface area contributed by atoms with E-state index in [0.717, 1.165) is 11.8 Å². The van der Waals surface area contributed by atoms with Crippen LogP contribution in [0, 0.1) is 0 Å². The molecular formula is C13H14F3NO3S. The predicted molar refractivity (Wildman–Crippen MR) is 73.1 cm³/mol. The van der Waals surface area contributed by atoms with Gasteiger partial charge in [-0.15, -0.1) is 0 Å². The number of amides is 1. The number of hydrogen-bond acceptors (Lipinski definition) is 4. The molecule has 4 nitrogen and oxygen atoms in total. The lowest BCUT2D eigenvalue weighted by molar-refractivity contribution is -0.174. The summed E-state index contributed by atoms with van der Waals surface area (Å²) >= 11 is 0.826. The van der Waals surface area contributed by atoms with Gasteiger partial charge in [0.15, 0.2) is 5.12 Å². The molecule has 116 valence electrons. The number of alkyl halides is 3. The Hall–Kier alpha value is -1.70. The Labute approximate surface area is 124 Å². The molecule has 1 aromatic rings. The fourth-order valence-corrected chi connectivity index (χ4v) is 1.95. The van der Waals surface area contributed by atoms with Crippen molar-refractivity contribution in [2.45, 2.75) is 19.1 Å². The van der Waals surface area contributed by atoms with E-state index in [4.69, 9.17) is 4.74 Å². The molecule has 0 aliphatic heterocycles. The van der Waals surface area contributed by atoms with Gasteiger partial charge < -0.3 is 10.1 Å². The highest BCUT2D eigenvalue weighted by molar-refractivity contribution is 8.13. The molecule has 1 N–H and O–H groups in total. The Kier molecular flexibility index (Phi) is 6.54. The van der Waals surface area contributed by atoms with Gasteiger partial charge in [-0.3, -0.25) is 9.59 Å². The molecule has 1 aromatic carbocycles. The minimum absolute atomic E-state index is 0.00396. The molecule has 0 spiro atoms. The van der Waals surface area contributed by atoms with Gasteiger partial charge in [0.25, 0.3) is 0 Å². The monoisotopic (exact) mass is 321 g/mol. The number of halogens is 3. The number of thioether (sulfide) groups is 1. The zero-order chi connectivity index (χ0) is 15.9. The molecule has 21 heavy (non-hydrogen) atoms. The van der Waals surface area contributed by atoms with E-state index in [0.29, 0.717) is 5.75 Å². The van der Waals surface area contributed by atoms with E-state index in [9.17, 15) is 22.8 Å². The first-order valence-electron chi connectivity index (χ1n) is 5.98. The van der Waals surface area contributed by atoms with Gasteiger partial charge in [0.05, 0.1) is 6.04 Å². The quantitative estimate of drug-likeness (QED) is 0.874. The minimum atomic E-state index is -4.97. The molecule has 0 heterocycles. The van der Waals surface area contributed by atoms with Crippen molar-refractivity contribution in [1.82, 2.24) is 5.32 Å². The normalized spacial score (nSPS) is 12.6. The second kappa shape index (κ2) is 7.92. The summed E-state index contributed by atoms with van der Waals surface area (Å²) in [5.74, 6) is -1.57. The van der Waals surface area contributed by atoms with Crippen molar-refractivity contribution in [3.05, 3.63) is 30.3 Å². The Morgan fingerprint density at radius 2 is 1.90 bits per heavy atom. The summed E-state index contributed by atoms with van der Waals surface area (Å²) in [6, 6.07) is 7.54. The van der Waals surface area contributed by atoms with Crippen molar-refractivity contribution >= 4 is 22.8 Å². The third-order valence-electron chi connectivity index (χ3n) is 2.27. The highest BCUT2D eigenvalue weighted by Gasteiger charge is 2.39. The van der Waals surface area contributed by atoms with Crippen molar-refractivity contribution in [2.24, 2.45) is 0 Å². The standard InChI is InChI=1S/C13H14F3NO3S/c1-9(18)21-8-10(17-12(19)13(14,15)16)7-20-11-5-3-2-4-6-11/h2-6,10H,7-8H2,1H3,(H,17,19)/t10-/m0/s1. The molecule has 8 heteroatoms. The van der Waals surface area contributed by atoms with Crippen LogP contribution in [-0.2, 0) is 9.59 Å². The number of para-hydroxylation sites is 1. The topological polar surface area (TPSA) is 55.4 Å². The second-order valence-corrected chi connectivity index (χ2v) is 5.29. The lowest BCUT2D eigenvalue weighted by Crippen LogP contribution is -2.47. The maximum atomic E-state index is 12.2. The number of benzene rings is 1. The van der Waals surface area contributed by atoms with E-state index in [2.05, 4.69) is 0 Å². The fraction of sp³-hybridized carbons (Fsp3) is 0.385. The van der Waals surface area contributed by atoms with Crippen LogP contribution < -0.4 is 10.1 Å². The number of rotatable bonds is 6. The fourth-order valence-electron chi connectivity index (χ4n) is 1.33. The summed E-state index contributed by atoms with van der Waals surface area (Å²) in [5, 5.41) is 1.57. The van der Waals surface area contributed by atoms with E-state index >= 15 is 0 Å². The smallest absolute Gasteiger partial charge is 0.471 e. The van der Waals surface area contributed by atoms with Crippen LogP contribution in [0.15, 0.2) is 30.3 Å². The second-order valence-electron chi connectivity index (χ2n) is 4.09. The van der Waals surface area contributed by atoms with Crippen LogP contribution in [0.4, 0.5) is 13.2 Å². The highest BCUT2D eigenvalue weighted by Crippen LogP contribution is 2.16. The van der Waals surface area contributed by atoms with Crippen molar-refractivity contribution in [1.29, 1.82) is 0 Å². The zero-order valence-corrected chi connectivity index (χ0v) is 12.0. The summed E-state index contributed by atoms with van der Waals surface area (Å²) < 4.78 is 42.0. The maximum Gasteiger partial charge on any atom is 0.471 e. The van der Waals surface area contributed by atoms with Gasteiger partial charge >= 0.3 is 12.1 Å². The van der Waals surface area contributed by atoms with Crippen LogP contribution in [0.5, 0.6) is 5.75 Å². The third kappa shape index (κ3) is 7.03. The minimum Gasteiger partial charge on any atom is -0.491 e. The summed E-state index contributed by atoms with van der Waals surface area (Å²) in [6.07, 6.45) is -4.97. The zero-order valence-electron chi connectivity index (χ0n) is 11.1. The molecular weight excluding hydrogens is 307 g/mol. The first-order valence-corrected chi connectivity index (χ1v) is 6.96. The Balaban J connectivity index is 2.59. The average Bonchev–Trinajstić information content (AvgIpc) is 2.41. The van der Waals surface area contributed by atoms with Crippen LogP contribution in [0.25, 0.3) is 0 Å². The molecule has 1 rings (SSSR count). The Morgan fingerprint density at radius 3 is 2.43 bits per heavy atom. The van der Waals surface area contributed by atoms with Gasteiger partial charge in [-0.1, -0.05) is 30.0 Å². The lowest BCUT2D eigenvalue weighted by Gasteiger charge is -2.19. The number of nitrogens with one attached hydrogen (secondary N) is 1. The van der Waals surface area contributed by atoms with Crippen LogP contribution >= 0.6 is 11.8 Å². The highest BCUT2D eigenvalue weighted by atomic mass is 32.2. The molecule has 1 amide bonds. The molecule has 0 aliphatic rings. The van der Waals surface area contributed by atoms with Gasteiger partial charge in [0.2, 0.25) is 0 Å². The first kappa shape index (κ1) is 17.4. The Morgan fingerprint density at radius 1 is 1.29 bits per heavy atom. The average molecular weight is 321 g/mol. The first-order chi connectivity index (χ1) is 9.79. The van der Waals surface area contributed by atoms with Crippen molar-refractivity contribution < 1.29 is 27.5 Å². The molecule has 0 saturated carbocycles. The SMILES string of the molecule is CC(=O)SC[C@H](COc1ccccc1)NC(=O)C(F)(F)F. The van der Waals surface area contributed by atoms with E-state index in [-0.39, 0.29) is 17.5 Å². The molecule has 0 radical (unpaired) electrons. The molecule has 0 fully saturated rings. The van der Waals surface area contributed by atoms with E-state index in [1.165, 1.54) is 6.92 Å². The van der Waals surface area contributed by atoms with Crippen LogP contribution in [0.2, 0.25) is 0 Å². The number of ether oxygens (including phenoxy) is 1. The molecule has 0 saturated heterocycles. The number of hydrogen-bond donors (Lipinski definition) is 1. The largest absolute Gasteiger partial charge is 0.491 e.